The predicted octanol–water partition coefficient (Wildman–Crippen LogP) is 3.06. The molecule has 0 N–H and O–H groups in total. The van der Waals surface area contributed by atoms with E-state index in [2.05, 4.69) is 0 Å². The van der Waals surface area contributed by atoms with Gasteiger partial charge in [0, 0.05) is 31.1 Å². The van der Waals surface area contributed by atoms with Crippen LogP contribution in [0.5, 0.6) is 0 Å². The SMILES string of the molecule is Cc1cc(C)c(C)c(S(=O)(=O)N2CCN(C(=O)Cc3cccs3)CC2)c1C. The normalized spacial score (nSPS) is 15.9. The number of amides is 1. The maximum atomic E-state index is 13.3. The molecule has 5 nitrogen and oxygen atoms in total. The fourth-order valence-electron chi connectivity index (χ4n) is 3.55. The van der Waals surface area contributed by atoms with E-state index >= 15 is 0 Å². The lowest BCUT2D eigenvalue weighted by Gasteiger charge is -2.34. The van der Waals surface area contributed by atoms with Crippen LogP contribution in [0.1, 0.15) is 27.1 Å². The summed E-state index contributed by atoms with van der Waals surface area (Å²) in [5.41, 5.74) is 3.60. The van der Waals surface area contributed by atoms with E-state index in [9.17, 15) is 13.2 Å². The lowest BCUT2D eigenvalue weighted by molar-refractivity contribution is -0.131. The third kappa shape index (κ3) is 3.95. The monoisotopic (exact) mass is 406 g/mol. The van der Waals surface area contributed by atoms with Crippen LogP contribution < -0.4 is 0 Å². The van der Waals surface area contributed by atoms with Gasteiger partial charge in [0.05, 0.1) is 11.3 Å². The molecule has 1 amide bonds. The van der Waals surface area contributed by atoms with Gasteiger partial charge >= 0.3 is 0 Å². The molecule has 2 heterocycles. The molecule has 3 rings (SSSR count). The van der Waals surface area contributed by atoms with Crippen LogP contribution in [0.25, 0.3) is 0 Å². The van der Waals surface area contributed by atoms with Crippen LogP contribution in [-0.4, -0.2) is 49.7 Å². The minimum Gasteiger partial charge on any atom is -0.340 e. The Balaban J connectivity index is 1.75. The quantitative estimate of drug-likeness (QED) is 0.784. The number of benzene rings is 1. The van der Waals surface area contributed by atoms with Crippen LogP contribution >= 0.6 is 11.3 Å². The number of thiophene rings is 1. The summed E-state index contributed by atoms with van der Waals surface area (Å²) in [5, 5.41) is 1.96. The number of nitrogens with zero attached hydrogens (tertiary/aromatic N) is 2. The van der Waals surface area contributed by atoms with Gasteiger partial charge < -0.3 is 4.90 Å². The van der Waals surface area contributed by atoms with E-state index in [4.69, 9.17) is 0 Å². The summed E-state index contributed by atoms with van der Waals surface area (Å²) in [6.45, 7) is 9.18. The van der Waals surface area contributed by atoms with E-state index in [0.717, 1.165) is 27.1 Å². The van der Waals surface area contributed by atoms with Gasteiger partial charge in [-0.25, -0.2) is 8.42 Å². The fraction of sp³-hybridized carbons (Fsp3) is 0.450. The smallest absolute Gasteiger partial charge is 0.243 e. The standard InChI is InChI=1S/C20H26N2O3S2/c1-14-12-15(2)17(4)20(16(14)3)27(24,25)22-9-7-21(8-10-22)19(23)13-18-6-5-11-26-18/h5-6,11-12H,7-10,13H2,1-4H3. The Hall–Kier alpha value is -1.70. The number of rotatable bonds is 4. The molecule has 1 aromatic carbocycles. The minimum absolute atomic E-state index is 0.0632. The zero-order chi connectivity index (χ0) is 19.8. The van der Waals surface area contributed by atoms with Crippen LogP contribution in [0, 0.1) is 27.7 Å². The molecule has 0 unspecified atom stereocenters. The number of sulfonamides is 1. The maximum Gasteiger partial charge on any atom is 0.243 e. The largest absolute Gasteiger partial charge is 0.340 e. The molecule has 1 fully saturated rings. The maximum absolute atomic E-state index is 13.3. The summed E-state index contributed by atoms with van der Waals surface area (Å²) >= 11 is 1.57. The summed E-state index contributed by atoms with van der Waals surface area (Å²) in [6.07, 6.45) is 0.389. The molecule has 0 spiro atoms. The highest BCUT2D eigenvalue weighted by atomic mass is 32.2. The van der Waals surface area contributed by atoms with Gasteiger partial charge in [0.2, 0.25) is 15.9 Å². The van der Waals surface area contributed by atoms with Crippen LogP contribution in [0.4, 0.5) is 0 Å². The second-order valence-electron chi connectivity index (χ2n) is 7.13. The molecule has 1 aliphatic heterocycles. The highest BCUT2D eigenvalue weighted by Crippen LogP contribution is 2.29. The summed E-state index contributed by atoms with van der Waals surface area (Å²) in [6, 6.07) is 5.92. The molecule has 1 saturated heterocycles. The van der Waals surface area contributed by atoms with Gasteiger partial charge in [0.15, 0.2) is 0 Å². The summed E-state index contributed by atoms with van der Waals surface area (Å²) in [7, 11) is -3.57. The first-order valence-corrected chi connectivity index (χ1v) is 11.4. The van der Waals surface area contributed by atoms with Crippen molar-refractivity contribution in [3.05, 3.63) is 50.7 Å². The minimum atomic E-state index is -3.57. The number of hydrogen-bond acceptors (Lipinski definition) is 4. The number of carbonyl (C=O) groups excluding carboxylic acids is 1. The van der Waals surface area contributed by atoms with Crippen molar-refractivity contribution in [2.75, 3.05) is 26.2 Å². The molecule has 0 radical (unpaired) electrons. The Morgan fingerprint density at radius 2 is 1.63 bits per heavy atom. The van der Waals surface area contributed by atoms with Crippen molar-refractivity contribution < 1.29 is 13.2 Å². The molecule has 1 aliphatic rings. The van der Waals surface area contributed by atoms with Crippen molar-refractivity contribution in [2.24, 2.45) is 0 Å². The highest BCUT2D eigenvalue weighted by Gasteiger charge is 2.32. The van der Waals surface area contributed by atoms with Gasteiger partial charge in [-0.1, -0.05) is 12.1 Å². The van der Waals surface area contributed by atoms with Crippen molar-refractivity contribution in [3.63, 3.8) is 0 Å². The van der Waals surface area contributed by atoms with Gasteiger partial charge in [0.25, 0.3) is 0 Å². The number of piperazine rings is 1. The van der Waals surface area contributed by atoms with Crippen LogP contribution in [0.2, 0.25) is 0 Å². The Kier molecular flexibility index (Phi) is 5.74. The van der Waals surface area contributed by atoms with Gasteiger partial charge in [-0.05, 0) is 61.4 Å². The lowest BCUT2D eigenvalue weighted by Crippen LogP contribution is -2.51. The summed E-state index contributed by atoms with van der Waals surface area (Å²) in [4.78, 5) is 15.7. The molecule has 0 bridgehead atoms. The first kappa shape index (κ1) is 20.0. The Bertz CT molecular complexity index is 916. The first-order valence-electron chi connectivity index (χ1n) is 9.09. The van der Waals surface area contributed by atoms with Crippen molar-refractivity contribution in [3.8, 4) is 0 Å². The molecule has 27 heavy (non-hydrogen) atoms. The first-order chi connectivity index (χ1) is 12.7. The Labute approximate surface area is 165 Å². The molecule has 1 aromatic heterocycles. The second kappa shape index (κ2) is 7.73. The molecular weight excluding hydrogens is 380 g/mol. The molecule has 2 aromatic rings. The fourth-order valence-corrected chi connectivity index (χ4v) is 6.24. The average molecular weight is 407 g/mol. The number of carbonyl (C=O) groups is 1. The average Bonchev–Trinajstić information content (AvgIpc) is 3.13. The molecular formula is C20H26N2O3S2. The highest BCUT2D eigenvalue weighted by molar-refractivity contribution is 7.89. The third-order valence-corrected chi connectivity index (χ3v) is 8.44. The Morgan fingerprint density at radius 3 is 2.15 bits per heavy atom. The van der Waals surface area contributed by atoms with Crippen LogP contribution in [-0.2, 0) is 21.2 Å². The molecule has 0 atom stereocenters. The van der Waals surface area contributed by atoms with E-state index in [1.165, 1.54) is 4.31 Å². The van der Waals surface area contributed by atoms with Crippen molar-refractivity contribution in [1.29, 1.82) is 0 Å². The van der Waals surface area contributed by atoms with Crippen molar-refractivity contribution in [2.45, 2.75) is 39.0 Å². The zero-order valence-corrected chi connectivity index (χ0v) is 17.9. The van der Waals surface area contributed by atoms with Crippen molar-refractivity contribution >= 4 is 27.3 Å². The van der Waals surface area contributed by atoms with Gasteiger partial charge in [0.1, 0.15) is 0 Å². The van der Waals surface area contributed by atoms with E-state index in [-0.39, 0.29) is 5.91 Å². The van der Waals surface area contributed by atoms with Crippen LogP contribution in [0.3, 0.4) is 0 Å². The molecule has 0 aliphatic carbocycles. The topological polar surface area (TPSA) is 57.7 Å². The van der Waals surface area contributed by atoms with E-state index < -0.39 is 10.0 Å². The number of hydrogen-bond donors (Lipinski definition) is 0. The predicted molar refractivity (Wildman–Crippen MR) is 109 cm³/mol. The second-order valence-corrected chi connectivity index (χ2v) is 10.0. The molecule has 0 saturated carbocycles. The number of aryl methyl sites for hydroxylation is 2. The van der Waals surface area contributed by atoms with Crippen molar-refractivity contribution in [1.82, 2.24) is 9.21 Å². The summed E-state index contributed by atoms with van der Waals surface area (Å²) < 4.78 is 28.1. The third-order valence-electron chi connectivity index (χ3n) is 5.39. The van der Waals surface area contributed by atoms with E-state index in [1.807, 2.05) is 51.3 Å². The van der Waals surface area contributed by atoms with E-state index in [1.54, 1.807) is 16.2 Å². The zero-order valence-electron chi connectivity index (χ0n) is 16.3. The molecule has 146 valence electrons. The van der Waals surface area contributed by atoms with Gasteiger partial charge in [-0.2, -0.15) is 4.31 Å². The van der Waals surface area contributed by atoms with Gasteiger partial charge in [-0.3, -0.25) is 4.79 Å². The van der Waals surface area contributed by atoms with Gasteiger partial charge in [-0.15, -0.1) is 11.3 Å². The van der Waals surface area contributed by atoms with E-state index in [0.29, 0.717) is 37.5 Å². The summed E-state index contributed by atoms with van der Waals surface area (Å²) in [5.74, 6) is 0.0632. The van der Waals surface area contributed by atoms with Crippen LogP contribution in [0.15, 0.2) is 28.5 Å². The lowest BCUT2D eigenvalue weighted by atomic mass is 10.0. The Morgan fingerprint density at radius 1 is 1.04 bits per heavy atom. The molecule has 7 heteroatoms.